The minimum Gasteiger partial charge on any atom is -0.507 e. The molecule has 1 aromatic rings. The average Bonchev–Trinajstić information content (AvgIpc) is 2.81. The molecule has 2 heterocycles. The number of hydrogen-bond donors (Lipinski definition) is 3. The van der Waals surface area contributed by atoms with Crippen molar-refractivity contribution in [3.63, 3.8) is 0 Å². The predicted molar refractivity (Wildman–Crippen MR) is 80.5 cm³/mol. The minimum absolute atomic E-state index is 0.136. The first kappa shape index (κ1) is 13.0. The van der Waals surface area contributed by atoms with E-state index in [1.54, 1.807) is 12.1 Å². The quantitative estimate of drug-likeness (QED) is 0.786. The fraction of sp³-hybridized carbons (Fsp3) is 0.400. The second-order valence-corrected chi connectivity index (χ2v) is 5.73. The third-order valence-corrected chi connectivity index (χ3v) is 3.70. The molecule has 5 heteroatoms. The molecule has 0 aromatic heterocycles. The Morgan fingerprint density at radius 2 is 2.25 bits per heavy atom. The van der Waals surface area contributed by atoms with Crippen LogP contribution in [0, 0.1) is 5.92 Å². The van der Waals surface area contributed by atoms with E-state index in [4.69, 9.17) is 5.73 Å². The molecule has 2 aliphatic heterocycles. The summed E-state index contributed by atoms with van der Waals surface area (Å²) in [7, 11) is 0. The monoisotopic (exact) mass is 272 g/mol. The highest BCUT2D eigenvalue weighted by molar-refractivity contribution is 6.06. The summed E-state index contributed by atoms with van der Waals surface area (Å²) in [5.74, 6) is 1.44. The van der Waals surface area contributed by atoms with Gasteiger partial charge in [-0.1, -0.05) is 19.9 Å². The van der Waals surface area contributed by atoms with E-state index in [0.29, 0.717) is 11.8 Å². The van der Waals surface area contributed by atoms with Crippen LogP contribution in [0.4, 0.5) is 5.69 Å². The lowest BCUT2D eigenvalue weighted by Crippen LogP contribution is -2.45. The normalized spacial score (nSPS) is 20.6. The van der Waals surface area contributed by atoms with Gasteiger partial charge in [0.05, 0.1) is 5.69 Å². The first-order valence-corrected chi connectivity index (χ1v) is 6.97. The van der Waals surface area contributed by atoms with Crippen LogP contribution in [0.5, 0.6) is 5.75 Å². The van der Waals surface area contributed by atoms with Gasteiger partial charge in [-0.15, -0.1) is 0 Å². The fourth-order valence-corrected chi connectivity index (χ4v) is 2.60. The maximum Gasteiger partial charge on any atom is 0.125 e. The van der Waals surface area contributed by atoms with Crippen LogP contribution in [0.3, 0.4) is 0 Å². The van der Waals surface area contributed by atoms with Gasteiger partial charge in [-0.2, -0.15) is 0 Å². The number of nitrogens with one attached hydrogen (secondary N) is 1. The Morgan fingerprint density at radius 3 is 3.00 bits per heavy atom. The van der Waals surface area contributed by atoms with Gasteiger partial charge in [0.2, 0.25) is 0 Å². The topological polar surface area (TPSA) is 73.9 Å². The van der Waals surface area contributed by atoms with E-state index in [-0.39, 0.29) is 11.8 Å². The highest BCUT2D eigenvalue weighted by Gasteiger charge is 2.34. The van der Waals surface area contributed by atoms with Gasteiger partial charge in [0, 0.05) is 23.9 Å². The van der Waals surface area contributed by atoms with Crippen molar-refractivity contribution in [2.45, 2.75) is 26.3 Å². The number of rotatable bonds is 3. The van der Waals surface area contributed by atoms with Crippen LogP contribution in [-0.2, 0) is 0 Å². The number of fused-ring (bicyclic) bond motifs is 3. The number of benzene rings is 1. The third kappa shape index (κ3) is 2.14. The molecular weight excluding hydrogens is 252 g/mol. The molecule has 3 rings (SSSR count). The summed E-state index contributed by atoms with van der Waals surface area (Å²) in [4.78, 5) is 4.38. The van der Waals surface area contributed by atoms with Gasteiger partial charge in [-0.3, -0.25) is 0 Å². The number of nitrogens with two attached hydrogens (primary N) is 1. The number of phenols is 1. The van der Waals surface area contributed by atoms with Gasteiger partial charge in [-0.05, 0) is 24.5 Å². The molecule has 106 valence electrons. The van der Waals surface area contributed by atoms with Crippen LogP contribution in [0.1, 0.15) is 25.8 Å². The van der Waals surface area contributed by atoms with Crippen LogP contribution >= 0.6 is 0 Å². The second kappa shape index (κ2) is 4.83. The highest BCUT2D eigenvalue weighted by Crippen LogP contribution is 2.41. The molecule has 0 aliphatic carbocycles. The molecule has 1 atom stereocenters. The van der Waals surface area contributed by atoms with Crippen molar-refractivity contribution in [2.24, 2.45) is 16.6 Å². The van der Waals surface area contributed by atoms with Crippen LogP contribution in [0.2, 0.25) is 0 Å². The largest absolute Gasteiger partial charge is 0.507 e. The summed E-state index contributed by atoms with van der Waals surface area (Å²) >= 11 is 0. The lowest BCUT2D eigenvalue weighted by molar-refractivity contribution is 0.275. The standard InChI is InChI=1S/C15H20N4O/c1-9(2)6-7-19-8-10-13-11(4-3-5-12(13)20)17-15(16)14(10)18-19/h3-5,8-9,14,18,20H,6-7H2,1-2H3,(H2,16,17). The molecule has 5 nitrogen and oxygen atoms in total. The van der Waals surface area contributed by atoms with Gasteiger partial charge in [-0.25, -0.2) is 10.4 Å². The van der Waals surface area contributed by atoms with E-state index in [0.717, 1.165) is 29.8 Å². The summed E-state index contributed by atoms with van der Waals surface area (Å²) in [6.07, 6.45) is 3.13. The van der Waals surface area contributed by atoms with Crippen molar-refractivity contribution in [3.05, 3.63) is 30.0 Å². The number of amidine groups is 1. The SMILES string of the molecule is CC(C)CCN1C=C2c3c(O)cccc3N=C(N)C2N1. The van der Waals surface area contributed by atoms with Crippen molar-refractivity contribution in [2.75, 3.05) is 6.54 Å². The predicted octanol–water partition coefficient (Wildman–Crippen LogP) is 1.97. The summed E-state index contributed by atoms with van der Waals surface area (Å²) in [6.45, 7) is 5.31. The van der Waals surface area contributed by atoms with Crippen molar-refractivity contribution in [1.82, 2.24) is 10.4 Å². The molecule has 0 amide bonds. The molecule has 0 fully saturated rings. The Hall–Kier alpha value is -2.01. The van der Waals surface area contributed by atoms with E-state index >= 15 is 0 Å². The number of nitrogens with zero attached hydrogens (tertiary/aromatic N) is 2. The molecule has 0 saturated heterocycles. The molecule has 0 bridgehead atoms. The van der Waals surface area contributed by atoms with Gasteiger partial charge in [0.15, 0.2) is 0 Å². The lowest BCUT2D eigenvalue weighted by atomic mass is 9.94. The third-order valence-electron chi connectivity index (χ3n) is 3.70. The van der Waals surface area contributed by atoms with Gasteiger partial charge < -0.3 is 15.8 Å². The van der Waals surface area contributed by atoms with Crippen LogP contribution in [0.25, 0.3) is 5.57 Å². The zero-order chi connectivity index (χ0) is 14.3. The molecular formula is C15H20N4O. The van der Waals surface area contributed by atoms with Crippen molar-refractivity contribution >= 4 is 17.1 Å². The Balaban J connectivity index is 1.94. The molecule has 4 N–H and O–H groups in total. The molecule has 1 aromatic carbocycles. The van der Waals surface area contributed by atoms with Gasteiger partial charge in [0.25, 0.3) is 0 Å². The molecule has 0 saturated carbocycles. The zero-order valence-corrected chi connectivity index (χ0v) is 11.8. The first-order chi connectivity index (χ1) is 9.56. The molecule has 20 heavy (non-hydrogen) atoms. The van der Waals surface area contributed by atoms with Gasteiger partial charge >= 0.3 is 0 Å². The molecule has 1 unspecified atom stereocenters. The van der Waals surface area contributed by atoms with Crippen LogP contribution in [0.15, 0.2) is 29.4 Å². The number of hydrazine groups is 1. The molecule has 0 spiro atoms. The second-order valence-electron chi connectivity index (χ2n) is 5.73. The summed E-state index contributed by atoms with van der Waals surface area (Å²) in [6, 6.07) is 5.20. The Bertz CT molecular complexity index is 592. The van der Waals surface area contributed by atoms with E-state index in [1.165, 1.54) is 0 Å². The fourth-order valence-electron chi connectivity index (χ4n) is 2.60. The number of aromatic hydroxyl groups is 1. The van der Waals surface area contributed by atoms with Crippen molar-refractivity contribution < 1.29 is 5.11 Å². The van der Waals surface area contributed by atoms with E-state index in [1.807, 2.05) is 17.3 Å². The van der Waals surface area contributed by atoms with Crippen molar-refractivity contribution in [3.8, 4) is 5.75 Å². The van der Waals surface area contributed by atoms with Crippen LogP contribution in [-0.4, -0.2) is 28.5 Å². The highest BCUT2D eigenvalue weighted by atomic mass is 16.3. The molecule has 0 radical (unpaired) electrons. The maximum absolute atomic E-state index is 10.1. The smallest absolute Gasteiger partial charge is 0.125 e. The van der Waals surface area contributed by atoms with Crippen LogP contribution < -0.4 is 11.2 Å². The summed E-state index contributed by atoms with van der Waals surface area (Å²) in [5.41, 5.74) is 11.9. The Labute approximate surface area is 118 Å². The Kier molecular flexibility index (Phi) is 3.14. The number of aliphatic imine (C=N–C) groups is 1. The zero-order valence-electron chi connectivity index (χ0n) is 11.8. The van der Waals surface area contributed by atoms with Gasteiger partial charge in [0.1, 0.15) is 17.6 Å². The number of hydrogen-bond acceptors (Lipinski definition) is 5. The maximum atomic E-state index is 10.1. The first-order valence-electron chi connectivity index (χ1n) is 6.97. The number of phenolic OH excluding ortho intramolecular Hbond substituents is 1. The Morgan fingerprint density at radius 1 is 1.45 bits per heavy atom. The average molecular weight is 272 g/mol. The lowest BCUT2D eigenvalue weighted by Gasteiger charge is -2.23. The summed E-state index contributed by atoms with van der Waals surface area (Å²) in [5, 5.41) is 12.1. The van der Waals surface area contributed by atoms with Crippen molar-refractivity contribution in [1.29, 1.82) is 0 Å². The summed E-state index contributed by atoms with van der Waals surface area (Å²) < 4.78 is 0. The molecule has 2 aliphatic rings. The van der Waals surface area contributed by atoms with E-state index in [9.17, 15) is 5.11 Å². The minimum atomic E-state index is -0.136. The van der Waals surface area contributed by atoms with E-state index < -0.39 is 0 Å². The van der Waals surface area contributed by atoms with E-state index in [2.05, 4.69) is 24.3 Å².